The topological polar surface area (TPSA) is 120 Å². The third kappa shape index (κ3) is 8.75. The summed E-state index contributed by atoms with van der Waals surface area (Å²) in [4.78, 5) is 27.7. The van der Waals surface area contributed by atoms with Crippen molar-refractivity contribution in [2.45, 2.75) is 52.8 Å². The molecule has 2 N–H and O–H groups in total. The second kappa shape index (κ2) is 11.8. The smallest absolute Gasteiger partial charge is 0.475 e. The van der Waals surface area contributed by atoms with Gasteiger partial charge in [-0.1, -0.05) is 13.8 Å². The fraction of sp³-hybridized carbons (Fsp3) is 0.667. The molecule has 0 unspecified atom stereocenters. The molecule has 1 aliphatic heterocycles. The number of pyridine rings is 1. The van der Waals surface area contributed by atoms with E-state index >= 15 is 0 Å². The van der Waals surface area contributed by atoms with E-state index in [0.29, 0.717) is 37.3 Å². The normalized spacial score (nSPS) is 14.7. The van der Waals surface area contributed by atoms with Crippen molar-refractivity contribution in [3.05, 3.63) is 22.9 Å². The number of aliphatic carboxylic acids is 1. The molecule has 0 aromatic carbocycles. The lowest BCUT2D eigenvalue weighted by molar-refractivity contribution is -0.192. The van der Waals surface area contributed by atoms with E-state index in [1.54, 1.807) is 18.4 Å². The fourth-order valence-corrected chi connectivity index (χ4v) is 5.00. The molecule has 2 rings (SSSR count). The van der Waals surface area contributed by atoms with Gasteiger partial charge in [-0.15, -0.1) is 0 Å². The van der Waals surface area contributed by atoms with Crippen LogP contribution in [-0.2, 0) is 27.7 Å². The summed E-state index contributed by atoms with van der Waals surface area (Å²) in [7, 11) is 0.153. The van der Waals surface area contributed by atoms with E-state index in [1.165, 1.54) is 4.90 Å². The van der Waals surface area contributed by atoms with Gasteiger partial charge >= 0.3 is 12.1 Å². The molecule has 194 valence electrons. The van der Waals surface area contributed by atoms with E-state index < -0.39 is 22.2 Å². The van der Waals surface area contributed by atoms with Gasteiger partial charge in [-0.25, -0.2) is 22.5 Å². The van der Waals surface area contributed by atoms with Crippen LogP contribution in [0.4, 0.5) is 19.0 Å². The molecule has 1 aliphatic rings. The van der Waals surface area contributed by atoms with Crippen molar-refractivity contribution in [3.63, 3.8) is 0 Å². The first-order valence-electron chi connectivity index (χ1n) is 10.7. The van der Waals surface area contributed by atoms with E-state index in [9.17, 15) is 26.4 Å². The van der Waals surface area contributed by atoms with Gasteiger partial charge < -0.3 is 15.3 Å². The highest BCUT2D eigenvalue weighted by atomic mass is 32.2. The molecule has 2 heterocycles. The largest absolute Gasteiger partial charge is 0.490 e. The quantitative estimate of drug-likeness (QED) is 0.604. The molecule has 1 aromatic rings. The third-order valence-electron chi connectivity index (χ3n) is 4.66. The molecule has 13 heteroatoms. The molecule has 0 bridgehead atoms. The molecule has 0 fully saturated rings. The van der Waals surface area contributed by atoms with Crippen LogP contribution in [0.1, 0.15) is 49.3 Å². The van der Waals surface area contributed by atoms with Gasteiger partial charge in [-0.3, -0.25) is 4.79 Å². The van der Waals surface area contributed by atoms with Crippen molar-refractivity contribution >= 4 is 27.7 Å². The number of alkyl halides is 3. The number of hydrogen-bond donors (Lipinski definition) is 2. The number of aromatic nitrogens is 1. The van der Waals surface area contributed by atoms with Crippen LogP contribution in [0.25, 0.3) is 0 Å². The minimum absolute atomic E-state index is 0.0879. The number of nitrogens with zero attached hydrogens (tertiary/aromatic N) is 3. The Morgan fingerprint density at radius 2 is 1.71 bits per heavy atom. The average Bonchev–Trinajstić information content (AvgIpc) is 2.87. The van der Waals surface area contributed by atoms with Crippen molar-refractivity contribution in [2.24, 2.45) is 5.92 Å². The second-order valence-electron chi connectivity index (χ2n) is 8.86. The monoisotopic (exact) mass is 510 g/mol. The molecule has 0 atom stereocenters. The Hall–Kier alpha value is -2.41. The maximum absolute atomic E-state index is 12.6. The number of carboxylic acid groups (broad SMARTS) is 1. The molecule has 0 spiro atoms. The predicted octanol–water partition coefficient (Wildman–Crippen LogP) is 2.62. The summed E-state index contributed by atoms with van der Waals surface area (Å²) in [5.74, 6) is -2.05. The molecular weight excluding hydrogens is 477 g/mol. The first-order chi connectivity index (χ1) is 15.5. The first kappa shape index (κ1) is 29.6. The molecular formula is C21H33F3N4O5S. The third-order valence-corrected chi connectivity index (χ3v) is 6.90. The van der Waals surface area contributed by atoms with Gasteiger partial charge in [0.25, 0.3) is 5.91 Å². The van der Waals surface area contributed by atoms with Gasteiger partial charge in [0.05, 0.1) is 11.3 Å². The van der Waals surface area contributed by atoms with E-state index in [0.717, 1.165) is 11.3 Å². The Morgan fingerprint density at radius 1 is 1.18 bits per heavy atom. The van der Waals surface area contributed by atoms with Crippen molar-refractivity contribution in [2.75, 3.05) is 38.3 Å². The minimum Gasteiger partial charge on any atom is -0.475 e. The number of amides is 1. The summed E-state index contributed by atoms with van der Waals surface area (Å²) in [6.45, 7) is 8.67. The second-order valence-corrected chi connectivity index (χ2v) is 10.9. The Kier molecular flexibility index (Phi) is 10.3. The highest BCUT2D eigenvalue weighted by molar-refractivity contribution is 7.89. The number of rotatable bonds is 6. The molecule has 0 saturated carbocycles. The van der Waals surface area contributed by atoms with Crippen molar-refractivity contribution < 1.29 is 36.3 Å². The average molecular weight is 511 g/mol. The van der Waals surface area contributed by atoms with E-state index in [4.69, 9.17) is 14.9 Å². The Balaban J connectivity index is 0.000000718. The summed E-state index contributed by atoms with van der Waals surface area (Å²) in [6, 6.07) is 2.02. The highest BCUT2D eigenvalue weighted by Gasteiger charge is 2.38. The van der Waals surface area contributed by atoms with E-state index in [1.807, 2.05) is 33.8 Å². The summed E-state index contributed by atoms with van der Waals surface area (Å²) >= 11 is 0. The molecule has 1 aromatic heterocycles. The summed E-state index contributed by atoms with van der Waals surface area (Å²) < 4.78 is 58.5. The van der Waals surface area contributed by atoms with Crippen molar-refractivity contribution in [3.8, 4) is 0 Å². The van der Waals surface area contributed by atoms with Crippen LogP contribution in [-0.4, -0.2) is 84.7 Å². The fourth-order valence-electron chi connectivity index (χ4n) is 3.21. The number of anilines is 1. The van der Waals surface area contributed by atoms with Gasteiger partial charge in [0.2, 0.25) is 10.0 Å². The summed E-state index contributed by atoms with van der Waals surface area (Å²) in [6.07, 6.45) is -3.97. The molecule has 0 aliphatic carbocycles. The number of hydrogen-bond acceptors (Lipinski definition) is 6. The van der Waals surface area contributed by atoms with Gasteiger partial charge in [0.15, 0.2) is 0 Å². The van der Waals surface area contributed by atoms with Crippen LogP contribution in [0, 0.1) is 5.92 Å². The van der Waals surface area contributed by atoms with Crippen LogP contribution in [0.2, 0.25) is 0 Å². The number of halogens is 3. The SMILES string of the molecule is CC(C)CS(=O)(=O)N1CCc2cc(C(=O)N(C)C)c(NC(C)C)nc2CC1.O=C(O)C(F)(F)F. The number of carbonyl (C=O) groups is 2. The Bertz CT molecular complexity index is 979. The van der Waals surface area contributed by atoms with Crippen LogP contribution in [0.3, 0.4) is 0 Å². The van der Waals surface area contributed by atoms with Gasteiger partial charge in [-0.05, 0) is 37.8 Å². The van der Waals surface area contributed by atoms with Crippen LogP contribution in [0.15, 0.2) is 6.07 Å². The van der Waals surface area contributed by atoms with Gasteiger partial charge in [-0.2, -0.15) is 13.2 Å². The van der Waals surface area contributed by atoms with E-state index in [-0.39, 0.29) is 23.6 Å². The highest BCUT2D eigenvalue weighted by Crippen LogP contribution is 2.24. The maximum atomic E-state index is 12.6. The lowest BCUT2D eigenvalue weighted by Gasteiger charge is -2.20. The molecule has 1 amide bonds. The Labute approximate surface area is 198 Å². The van der Waals surface area contributed by atoms with Crippen molar-refractivity contribution in [1.29, 1.82) is 0 Å². The zero-order valence-corrected chi connectivity index (χ0v) is 21.0. The van der Waals surface area contributed by atoms with Crippen molar-refractivity contribution in [1.82, 2.24) is 14.2 Å². The number of carbonyl (C=O) groups excluding carboxylic acids is 1. The molecule has 0 radical (unpaired) electrons. The standard InChI is InChI=1S/C19H32N4O3S.C2HF3O2/c1-13(2)12-27(25,26)23-9-7-15-11-16(19(24)22(5)6)18(20-14(3)4)21-17(15)8-10-23;3-2(4,5)1(6)7/h11,13-14H,7-10,12H2,1-6H3,(H,20,21);(H,6,7). The lowest BCUT2D eigenvalue weighted by atomic mass is 10.0. The van der Waals surface area contributed by atoms with E-state index in [2.05, 4.69) is 5.32 Å². The number of fused-ring (bicyclic) bond motifs is 1. The number of sulfonamides is 1. The summed E-state index contributed by atoms with van der Waals surface area (Å²) in [5, 5.41) is 10.4. The minimum atomic E-state index is -5.08. The first-order valence-corrected chi connectivity index (χ1v) is 12.4. The molecule has 9 nitrogen and oxygen atoms in total. The number of carboxylic acids is 1. The van der Waals surface area contributed by atoms with Gasteiger partial charge in [0.1, 0.15) is 5.82 Å². The lowest BCUT2D eigenvalue weighted by Crippen LogP contribution is -2.36. The molecule has 0 saturated heterocycles. The zero-order chi connectivity index (χ0) is 26.4. The van der Waals surface area contributed by atoms with Gasteiger partial charge in [0, 0.05) is 45.3 Å². The maximum Gasteiger partial charge on any atom is 0.490 e. The number of nitrogens with one attached hydrogen (secondary N) is 1. The Morgan fingerprint density at radius 3 is 2.15 bits per heavy atom. The van der Waals surface area contributed by atoms with Crippen LogP contribution < -0.4 is 5.32 Å². The zero-order valence-electron chi connectivity index (χ0n) is 20.2. The molecule has 34 heavy (non-hydrogen) atoms. The van der Waals surface area contributed by atoms with Crippen LogP contribution in [0.5, 0.6) is 0 Å². The summed E-state index contributed by atoms with van der Waals surface area (Å²) in [5.41, 5.74) is 2.36. The van der Waals surface area contributed by atoms with Crippen LogP contribution >= 0.6 is 0 Å². The predicted molar refractivity (Wildman–Crippen MR) is 122 cm³/mol.